The molecule has 2 unspecified atom stereocenters. The molecule has 21 heavy (non-hydrogen) atoms. The number of thioether (sulfide) groups is 1. The van der Waals surface area contributed by atoms with Crippen LogP contribution in [-0.2, 0) is 9.53 Å². The number of carboxylic acid groups (broad SMARTS) is 1. The molecule has 1 amide bonds. The van der Waals surface area contributed by atoms with E-state index in [1.807, 2.05) is 0 Å². The van der Waals surface area contributed by atoms with Crippen molar-refractivity contribution >= 4 is 23.8 Å². The summed E-state index contributed by atoms with van der Waals surface area (Å²) in [4.78, 5) is 22.8. The average Bonchev–Trinajstić information content (AvgIpc) is 2.36. The van der Waals surface area contributed by atoms with Gasteiger partial charge >= 0.3 is 12.1 Å². The number of nitrogens with one attached hydrogen (secondary N) is 1. The van der Waals surface area contributed by atoms with E-state index in [9.17, 15) is 9.59 Å². The molecule has 0 saturated heterocycles. The van der Waals surface area contributed by atoms with Crippen LogP contribution in [0, 0.1) is 0 Å². The van der Waals surface area contributed by atoms with Crippen LogP contribution >= 0.6 is 11.8 Å². The first-order valence-corrected chi connectivity index (χ1v) is 8.33. The maximum absolute atomic E-state index is 11.6. The number of aliphatic carboxylic acids is 1. The van der Waals surface area contributed by atoms with Crippen LogP contribution in [0.3, 0.4) is 0 Å². The number of carbonyl (C=O) groups is 2. The zero-order valence-corrected chi connectivity index (χ0v) is 13.7. The fourth-order valence-corrected chi connectivity index (χ4v) is 3.19. The maximum Gasteiger partial charge on any atom is 0.408 e. The topological polar surface area (TPSA) is 75.6 Å². The highest BCUT2D eigenvalue weighted by Gasteiger charge is 2.24. The minimum absolute atomic E-state index is 0.392. The van der Waals surface area contributed by atoms with Gasteiger partial charge in [0.2, 0.25) is 0 Å². The summed E-state index contributed by atoms with van der Waals surface area (Å²) in [5.74, 6) is -0.331. The molecule has 0 aromatic carbocycles. The van der Waals surface area contributed by atoms with Crippen molar-refractivity contribution in [1.29, 1.82) is 0 Å². The van der Waals surface area contributed by atoms with Gasteiger partial charge in [0.05, 0.1) is 0 Å². The molecule has 2 atom stereocenters. The number of carbonyl (C=O) groups excluding carboxylic acids is 1. The predicted octanol–water partition coefficient (Wildman–Crippen LogP) is 3.20. The van der Waals surface area contributed by atoms with E-state index in [0.717, 1.165) is 12.8 Å². The molecule has 0 saturated carbocycles. The number of alkyl carbamates (subject to hydrolysis) is 1. The molecule has 0 aliphatic heterocycles. The highest BCUT2D eigenvalue weighted by atomic mass is 32.2. The van der Waals surface area contributed by atoms with Crippen molar-refractivity contribution in [2.24, 2.45) is 0 Å². The third-order valence-corrected chi connectivity index (χ3v) is 4.23. The average molecular weight is 315 g/mol. The standard InChI is InChI=1S/C15H25NO4S/c1-15(2,3)20-14(19)16-12(13(17)18)9-10-21-11-7-5-4-6-8-11/h5,7,11-12H,4,6,8-10H2,1-3H3,(H,16,19)(H,17,18). The van der Waals surface area contributed by atoms with Crippen LogP contribution in [0.1, 0.15) is 46.5 Å². The maximum atomic E-state index is 11.6. The fraction of sp³-hybridized carbons (Fsp3) is 0.733. The quantitative estimate of drug-likeness (QED) is 0.736. The Kier molecular flexibility index (Phi) is 7.08. The molecule has 0 radical (unpaired) electrons. The van der Waals surface area contributed by atoms with E-state index in [1.165, 1.54) is 6.42 Å². The van der Waals surface area contributed by atoms with Crippen LogP contribution in [0.5, 0.6) is 0 Å². The van der Waals surface area contributed by atoms with Crippen molar-refractivity contribution in [1.82, 2.24) is 5.32 Å². The molecular formula is C15H25NO4S. The molecule has 0 bridgehead atoms. The Morgan fingerprint density at radius 3 is 2.71 bits per heavy atom. The third-order valence-electron chi connectivity index (χ3n) is 2.94. The number of carboxylic acids is 1. The second kappa shape index (κ2) is 8.32. The van der Waals surface area contributed by atoms with Gasteiger partial charge in [-0.2, -0.15) is 11.8 Å². The smallest absolute Gasteiger partial charge is 0.408 e. The largest absolute Gasteiger partial charge is 0.480 e. The lowest BCUT2D eigenvalue weighted by Crippen LogP contribution is -2.43. The molecule has 6 heteroatoms. The third kappa shape index (κ3) is 7.99. The second-order valence-corrected chi connectivity index (χ2v) is 7.44. The Hall–Kier alpha value is -1.17. The first-order valence-electron chi connectivity index (χ1n) is 7.28. The SMILES string of the molecule is CC(C)(C)OC(=O)NC(CCSC1C=CCCC1)C(=O)O. The van der Waals surface area contributed by atoms with Gasteiger partial charge in [0.15, 0.2) is 0 Å². The van der Waals surface area contributed by atoms with E-state index in [-0.39, 0.29) is 0 Å². The van der Waals surface area contributed by atoms with E-state index < -0.39 is 23.7 Å². The number of amides is 1. The van der Waals surface area contributed by atoms with Gasteiger partial charge in [-0.15, -0.1) is 0 Å². The Morgan fingerprint density at radius 1 is 1.48 bits per heavy atom. The van der Waals surface area contributed by atoms with Gasteiger partial charge in [-0.05, 0) is 52.2 Å². The van der Waals surface area contributed by atoms with Gasteiger partial charge in [-0.1, -0.05) is 12.2 Å². The van der Waals surface area contributed by atoms with Gasteiger partial charge in [0.25, 0.3) is 0 Å². The highest BCUT2D eigenvalue weighted by molar-refractivity contribution is 8.00. The number of allylic oxidation sites excluding steroid dienone is 1. The normalized spacial score (nSPS) is 19.9. The lowest BCUT2D eigenvalue weighted by Gasteiger charge is -2.22. The summed E-state index contributed by atoms with van der Waals surface area (Å²) in [6.45, 7) is 5.23. The number of hydrogen-bond acceptors (Lipinski definition) is 4. The Morgan fingerprint density at radius 2 is 2.19 bits per heavy atom. The summed E-state index contributed by atoms with van der Waals surface area (Å²) < 4.78 is 5.08. The van der Waals surface area contributed by atoms with Gasteiger partial charge in [0, 0.05) is 5.25 Å². The van der Waals surface area contributed by atoms with Crippen LogP contribution in [0.15, 0.2) is 12.2 Å². The van der Waals surface area contributed by atoms with E-state index in [4.69, 9.17) is 9.84 Å². The minimum Gasteiger partial charge on any atom is -0.480 e. The summed E-state index contributed by atoms with van der Waals surface area (Å²) in [5.41, 5.74) is -0.630. The van der Waals surface area contributed by atoms with Crippen LogP contribution < -0.4 is 5.32 Å². The van der Waals surface area contributed by atoms with E-state index in [2.05, 4.69) is 17.5 Å². The molecular weight excluding hydrogens is 290 g/mol. The van der Waals surface area contributed by atoms with E-state index >= 15 is 0 Å². The van der Waals surface area contributed by atoms with Crippen LogP contribution in [-0.4, -0.2) is 39.8 Å². The second-order valence-electron chi connectivity index (χ2n) is 6.09. The zero-order chi connectivity index (χ0) is 15.9. The molecule has 2 N–H and O–H groups in total. The summed E-state index contributed by atoms with van der Waals surface area (Å²) in [5, 5.41) is 12.0. The molecule has 0 aromatic heterocycles. The summed E-state index contributed by atoms with van der Waals surface area (Å²) in [6.07, 6.45) is 7.53. The van der Waals surface area contributed by atoms with Gasteiger partial charge in [-0.25, -0.2) is 9.59 Å². The van der Waals surface area contributed by atoms with Crippen molar-refractivity contribution < 1.29 is 19.4 Å². The molecule has 0 heterocycles. The first kappa shape index (κ1) is 17.9. The monoisotopic (exact) mass is 315 g/mol. The van der Waals surface area contributed by atoms with Crippen LogP contribution in [0.25, 0.3) is 0 Å². The summed E-state index contributed by atoms with van der Waals surface area (Å²) >= 11 is 1.74. The van der Waals surface area contributed by atoms with Crippen molar-refractivity contribution in [3.05, 3.63) is 12.2 Å². The highest BCUT2D eigenvalue weighted by Crippen LogP contribution is 2.24. The van der Waals surface area contributed by atoms with E-state index in [1.54, 1.807) is 32.5 Å². The fourth-order valence-electron chi connectivity index (χ4n) is 1.96. The minimum atomic E-state index is -1.03. The van der Waals surface area contributed by atoms with Gasteiger partial charge in [0.1, 0.15) is 11.6 Å². The molecule has 120 valence electrons. The zero-order valence-electron chi connectivity index (χ0n) is 12.9. The number of hydrogen-bond donors (Lipinski definition) is 2. The Labute approximate surface area is 130 Å². The van der Waals surface area contributed by atoms with Crippen molar-refractivity contribution in [2.75, 3.05) is 5.75 Å². The van der Waals surface area contributed by atoms with Crippen molar-refractivity contribution in [3.63, 3.8) is 0 Å². The van der Waals surface area contributed by atoms with E-state index in [0.29, 0.717) is 17.4 Å². The van der Waals surface area contributed by atoms with Crippen LogP contribution in [0.4, 0.5) is 4.79 Å². The van der Waals surface area contributed by atoms with Gasteiger partial charge in [-0.3, -0.25) is 0 Å². The van der Waals surface area contributed by atoms with Crippen LogP contribution in [0.2, 0.25) is 0 Å². The summed E-state index contributed by atoms with van der Waals surface area (Å²) in [7, 11) is 0. The Bertz CT molecular complexity index is 390. The molecule has 0 fully saturated rings. The molecule has 0 aromatic rings. The van der Waals surface area contributed by atoms with Crippen molar-refractivity contribution in [2.45, 2.75) is 63.3 Å². The number of rotatable bonds is 6. The van der Waals surface area contributed by atoms with Gasteiger partial charge < -0.3 is 15.2 Å². The molecule has 1 rings (SSSR count). The number of ether oxygens (including phenoxy) is 1. The lowest BCUT2D eigenvalue weighted by molar-refractivity contribution is -0.139. The molecule has 1 aliphatic carbocycles. The summed E-state index contributed by atoms with van der Waals surface area (Å²) in [6, 6.07) is -0.903. The lowest BCUT2D eigenvalue weighted by atomic mass is 10.1. The molecule has 5 nitrogen and oxygen atoms in total. The molecule has 1 aliphatic rings. The predicted molar refractivity (Wildman–Crippen MR) is 84.6 cm³/mol. The molecule has 0 spiro atoms. The Balaban J connectivity index is 2.36. The van der Waals surface area contributed by atoms with Crippen molar-refractivity contribution in [3.8, 4) is 0 Å². The first-order chi connectivity index (χ1) is 9.78.